The van der Waals surface area contributed by atoms with E-state index in [1.54, 1.807) is 0 Å². The molecule has 0 radical (unpaired) electrons. The van der Waals surface area contributed by atoms with Gasteiger partial charge in [0.05, 0.1) is 0 Å². The van der Waals surface area contributed by atoms with Crippen LogP contribution in [0, 0.1) is 17.3 Å². The van der Waals surface area contributed by atoms with Crippen LogP contribution in [0.2, 0.25) is 0 Å². The van der Waals surface area contributed by atoms with Crippen molar-refractivity contribution < 1.29 is 0 Å². The maximum Gasteiger partial charge on any atom is 0.00723 e. The maximum atomic E-state index is 4.02. The smallest absolute Gasteiger partial charge is 0.00723 e. The summed E-state index contributed by atoms with van der Waals surface area (Å²) in [5.41, 5.74) is 0.798. The fourth-order valence-electron chi connectivity index (χ4n) is 5.05. The molecule has 0 bridgehead atoms. The summed E-state index contributed by atoms with van der Waals surface area (Å²) in [5, 5.41) is 4.02. The minimum Gasteiger partial charge on any atom is -0.311 e. The van der Waals surface area contributed by atoms with E-state index < -0.39 is 0 Å². The van der Waals surface area contributed by atoms with Crippen molar-refractivity contribution >= 4 is 0 Å². The van der Waals surface area contributed by atoms with Crippen LogP contribution in [0.3, 0.4) is 0 Å². The summed E-state index contributed by atoms with van der Waals surface area (Å²) in [6, 6.07) is 1.67. The molecular weight excluding hydrogens is 230 g/mol. The minimum atomic E-state index is 0.798. The van der Waals surface area contributed by atoms with Crippen LogP contribution in [0.5, 0.6) is 0 Å². The average molecular weight is 263 g/mol. The summed E-state index contributed by atoms with van der Waals surface area (Å²) in [6.45, 7) is 4.89. The molecule has 0 aromatic carbocycles. The zero-order chi connectivity index (χ0) is 13.3. The zero-order valence-corrected chi connectivity index (χ0v) is 13.1. The second-order valence-corrected chi connectivity index (χ2v) is 8.11. The third-order valence-corrected chi connectivity index (χ3v) is 6.78. The Morgan fingerprint density at radius 1 is 0.737 bits per heavy atom. The van der Waals surface area contributed by atoms with Gasteiger partial charge in [0.1, 0.15) is 0 Å². The highest BCUT2D eigenvalue weighted by Crippen LogP contribution is 2.49. The lowest BCUT2D eigenvalue weighted by Gasteiger charge is -2.41. The van der Waals surface area contributed by atoms with Gasteiger partial charge in [0.2, 0.25) is 0 Å². The van der Waals surface area contributed by atoms with E-state index in [-0.39, 0.29) is 0 Å². The molecule has 3 saturated carbocycles. The van der Waals surface area contributed by atoms with Crippen LogP contribution in [0.4, 0.5) is 0 Å². The van der Waals surface area contributed by atoms with Gasteiger partial charge in [-0.3, -0.25) is 0 Å². The Bertz CT molecular complexity index is 282. The van der Waals surface area contributed by atoms with E-state index in [1.807, 2.05) is 0 Å². The maximum absolute atomic E-state index is 4.02. The van der Waals surface area contributed by atoms with Crippen LogP contribution < -0.4 is 5.32 Å². The third-order valence-electron chi connectivity index (χ3n) is 6.78. The van der Waals surface area contributed by atoms with Crippen LogP contribution in [0.15, 0.2) is 0 Å². The summed E-state index contributed by atoms with van der Waals surface area (Å²) >= 11 is 0. The summed E-state index contributed by atoms with van der Waals surface area (Å²) in [5.74, 6) is 1.88. The molecule has 3 unspecified atom stereocenters. The highest BCUT2D eigenvalue weighted by molar-refractivity contribution is 4.92. The predicted octanol–water partition coefficient (Wildman–Crippen LogP) is 4.90. The van der Waals surface area contributed by atoms with E-state index in [0.717, 1.165) is 29.3 Å². The van der Waals surface area contributed by atoms with Crippen LogP contribution in [-0.2, 0) is 0 Å². The molecule has 1 spiro atoms. The van der Waals surface area contributed by atoms with Gasteiger partial charge in [-0.2, -0.15) is 0 Å². The van der Waals surface area contributed by atoms with Gasteiger partial charge in [-0.1, -0.05) is 26.7 Å². The highest BCUT2D eigenvalue weighted by Gasteiger charge is 2.38. The van der Waals surface area contributed by atoms with Gasteiger partial charge in [0.25, 0.3) is 0 Å². The SMILES string of the molecule is CC1CCC(NC2CCC3(CCCC3)CC2)CC1C. The topological polar surface area (TPSA) is 12.0 Å². The molecule has 3 aliphatic rings. The van der Waals surface area contributed by atoms with E-state index in [4.69, 9.17) is 0 Å². The first-order valence-corrected chi connectivity index (χ1v) is 8.93. The van der Waals surface area contributed by atoms with Crippen molar-refractivity contribution in [3.05, 3.63) is 0 Å². The average Bonchev–Trinajstić information content (AvgIpc) is 2.86. The molecule has 3 aliphatic carbocycles. The fourth-order valence-corrected chi connectivity index (χ4v) is 5.05. The third kappa shape index (κ3) is 3.17. The number of hydrogen-bond acceptors (Lipinski definition) is 1. The Balaban J connectivity index is 1.44. The summed E-state index contributed by atoms with van der Waals surface area (Å²) in [4.78, 5) is 0. The molecule has 110 valence electrons. The molecule has 1 nitrogen and oxygen atoms in total. The van der Waals surface area contributed by atoms with E-state index in [1.165, 1.54) is 70.6 Å². The molecule has 0 aliphatic heterocycles. The monoisotopic (exact) mass is 263 g/mol. The van der Waals surface area contributed by atoms with E-state index in [0.29, 0.717) is 0 Å². The Morgan fingerprint density at radius 3 is 2.05 bits per heavy atom. The summed E-state index contributed by atoms with van der Waals surface area (Å²) < 4.78 is 0. The first-order valence-electron chi connectivity index (χ1n) is 8.93. The second kappa shape index (κ2) is 5.76. The molecule has 1 heteroatoms. The summed E-state index contributed by atoms with van der Waals surface area (Å²) in [6.07, 6.45) is 16.3. The van der Waals surface area contributed by atoms with Crippen LogP contribution in [0.1, 0.15) is 84.5 Å². The molecule has 0 aromatic heterocycles. The Labute approximate surface area is 119 Å². The zero-order valence-electron chi connectivity index (χ0n) is 13.1. The molecule has 0 amide bonds. The van der Waals surface area contributed by atoms with Gasteiger partial charge in [-0.25, -0.2) is 0 Å². The lowest BCUT2D eigenvalue weighted by molar-refractivity contribution is 0.145. The first kappa shape index (κ1) is 13.9. The Kier molecular flexibility index (Phi) is 4.22. The van der Waals surface area contributed by atoms with Crippen molar-refractivity contribution in [1.29, 1.82) is 0 Å². The van der Waals surface area contributed by atoms with Crippen molar-refractivity contribution in [2.24, 2.45) is 17.3 Å². The van der Waals surface area contributed by atoms with Crippen molar-refractivity contribution in [1.82, 2.24) is 5.32 Å². The van der Waals surface area contributed by atoms with Gasteiger partial charge in [-0.15, -0.1) is 0 Å². The fraction of sp³-hybridized carbons (Fsp3) is 1.00. The number of nitrogens with one attached hydrogen (secondary N) is 1. The normalized spacial score (nSPS) is 39.8. The van der Waals surface area contributed by atoms with Gasteiger partial charge in [0.15, 0.2) is 0 Å². The van der Waals surface area contributed by atoms with Crippen molar-refractivity contribution in [3.63, 3.8) is 0 Å². The van der Waals surface area contributed by atoms with Crippen LogP contribution in [-0.4, -0.2) is 12.1 Å². The van der Waals surface area contributed by atoms with Gasteiger partial charge in [0, 0.05) is 12.1 Å². The van der Waals surface area contributed by atoms with E-state index >= 15 is 0 Å². The predicted molar refractivity (Wildman–Crippen MR) is 82.3 cm³/mol. The number of rotatable bonds is 2. The van der Waals surface area contributed by atoms with Crippen molar-refractivity contribution in [2.45, 2.75) is 96.6 Å². The van der Waals surface area contributed by atoms with Crippen molar-refractivity contribution in [3.8, 4) is 0 Å². The van der Waals surface area contributed by atoms with Gasteiger partial charge in [-0.05, 0) is 75.0 Å². The highest BCUT2D eigenvalue weighted by atomic mass is 15.0. The van der Waals surface area contributed by atoms with Crippen LogP contribution >= 0.6 is 0 Å². The number of hydrogen-bond donors (Lipinski definition) is 1. The molecule has 3 atom stereocenters. The molecular formula is C18H33N. The van der Waals surface area contributed by atoms with Gasteiger partial charge < -0.3 is 5.32 Å². The Morgan fingerprint density at radius 2 is 1.42 bits per heavy atom. The summed E-state index contributed by atoms with van der Waals surface area (Å²) in [7, 11) is 0. The molecule has 0 heterocycles. The standard InChI is InChI=1S/C18H33N/c1-14-5-6-17(13-15(14)2)19-16-7-11-18(12-8-16)9-3-4-10-18/h14-17,19H,3-13H2,1-2H3. The lowest BCUT2D eigenvalue weighted by atomic mass is 9.71. The molecule has 3 rings (SSSR count). The lowest BCUT2D eigenvalue weighted by Crippen LogP contribution is -2.45. The first-order chi connectivity index (χ1) is 9.17. The quantitative estimate of drug-likeness (QED) is 0.747. The molecule has 0 aromatic rings. The van der Waals surface area contributed by atoms with Crippen molar-refractivity contribution in [2.75, 3.05) is 0 Å². The molecule has 3 fully saturated rings. The molecule has 1 N–H and O–H groups in total. The largest absolute Gasteiger partial charge is 0.311 e. The van der Waals surface area contributed by atoms with E-state index in [9.17, 15) is 0 Å². The second-order valence-electron chi connectivity index (χ2n) is 8.11. The van der Waals surface area contributed by atoms with Gasteiger partial charge >= 0.3 is 0 Å². The van der Waals surface area contributed by atoms with E-state index in [2.05, 4.69) is 19.2 Å². The molecule has 0 saturated heterocycles. The minimum absolute atomic E-state index is 0.798. The molecule has 19 heavy (non-hydrogen) atoms. The Hall–Kier alpha value is -0.0400. The van der Waals surface area contributed by atoms with Crippen LogP contribution in [0.25, 0.3) is 0 Å².